The van der Waals surface area contributed by atoms with Gasteiger partial charge in [0.2, 0.25) is 0 Å². The van der Waals surface area contributed by atoms with Crippen molar-refractivity contribution in [3.8, 4) is 0 Å². The number of halogens is 2. The van der Waals surface area contributed by atoms with Crippen LogP contribution in [0.25, 0.3) is 0 Å². The molecule has 0 aliphatic carbocycles. The first-order valence-corrected chi connectivity index (χ1v) is 8.80. The van der Waals surface area contributed by atoms with Crippen LogP contribution in [-0.2, 0) is 21.4 Å². The Morgan fingerprint density at radius 2 is 2.00 bits per heavy atom. The van der Waals surface area contributed by atoms with E-state index >= 15 is 0 Å². The molecule has 1 heterocycles. The number of hydrogen-bond acceptors (Lipinski definition) is 5. The molecule has 9 heteroatoms. The van der Waals surface area contributed by atoms with Crippen LogP contribution >= 0.6 is 35.0 Å². The fraction of sp³-hybridized carbons (Fsp3) is 0.188. The van der Waals surface area contributed by atoms with Gasteiger partial charge in [-0.15, -0.1) is 11.8 Å². The molecule has 6 nitrogen and oxygen atoms in total. The molecule has 2 aromatic rings. The van der Waals surface area contributed by atoms with Gasteiger partial charge in [-0.05, 0) is 30.3 Å². The highest BCUT2D eigenvalue weighted by Gasteiger charge is 2.15. The highest BCUT2D eigenvalue weighted by Crippen LogP contribution is 2.29. The van der Waals surface area contributed by atoms with Crippen molar-refractivity contribution in [3.63, 3.8) is 0 Å². The standard InChI is InChI=1S/C16H14Cl2N2O4S/c1-20-6-2-3-12(20)16(23)19-14(21)8-24-15(22)9-25-13-7-10(17)4-5-11(13)18/h2-7H,8-9H2,1H3,(H,19,21,23). The van der Waals surface area contributed by atoms with Crippen molar-refractivity contribution < 1.29 is 19.1 Å². The largest absolute Gasteiger partial charge is 0.455 e. The molecule has 1 N–H and O–H groups in total. The molecule has 0 saturated carbocycles. The molecule has 2 rings (SSSR count). The summed E-state index contributed by atoms with van der Waals surface area (Å²) >= 11 is 13.0. The van der Waals surface area contributed by atoms with E-state index in [1.807, 2.05) is 0 Å². The molecule has 132 valence electrons. The van der Waals surface area contributed by atoms with Gasteiger partial charge in [0.25, 0.3) is 11.8 Å². The third-order valence-corrected chi connectivity index (χ3v) is 4.74. The SMILES string of the molecule is Cn1cccc1C(=O)NC(=O)COC(=O)CSc1cc(Cl)ccc1Cl. The smallest absolute Gasteiger partial charge is 0.316 e. The first-order chi connectivity index (χ1) is 11.9. The lowest BCUT2D eigenvalue weighted by molar-refractivity contribution is -0.145. The average molecular weight is 401 g/mol. The van der Waals surface area contributed by atoms with Crippen molar-refractivity contribution in [2.45, 2.75) is 4.90 Å². The monoisotopic (exact) mass is 400 g/mol. The van der Waals surface area contributed by atoms with E-state index in [0.717, 1.165) is 11.8 Å². The van der Waals surface area contributed by atoms with Crippen LogP contribution in [0.2, 0.25) is 10.0 Å². The van der Waals surface area contributed by atoms with E-state index in [9.17, 15) is 14.4 Å². The third kappa shape index (κ3) is 5.81. The number of thioether (sulfide) groups is 1. The number of imide groups is 1. The minimum Gasteiger partial charge on any atom is -0.455 e. The van der Waals surface area contributed by atoms with Gasteiger partial charge in [0, 0.05) is 23.2 Å². The highest BCUT2D eigenvalue weighted by molar-refractivity contribution is 8.00. The van der Waals surface area contributed by atoms with Crippen LogP contribution in [0.5, 0.6) is 0 Å². The number of aryl methyl sites for hydroxylation is 1. The quantitative estimate of drug-likeness (QED) is 0.595. The minimum absolute atomic E-state index is 0.0426. The molecular weight excluding hydrogens is 387 g/mol. The summed E-state index contributed by atoms with van der Waals surface area (Å²) in [5, 5.41) is 3.11. The molecule has 0 fully saturated rings. The van der Waals surface area contributed by atoms with E-state index in [0.29, 0.717) is 20.6 Å². The zero-order valence-electron chi connectivity index (χ0n) is 13.1. The summed E-state index contributed by atoms with van der Waals surface area (Å²) in [6.07, 6.45) is 1.68. The number of carbonyl (C=O) groups is 3. The second-order valence-corrected chi connectivity index (χ2v) is 6.77. The van der Waals surface area contributed by atoms with E-state index in [2.05, 4.69) is 5.32 Å². The van der Waals surface area contributed by atoms with Crippen LogP contribution in [0.3, 0.4) is 0 Å². The lowest BCUT2D eigenvalue weighted by atomic mass is 10.4. The number of ether oxygens (including phenoxy) is 1. The Labute approximate surface area is 158 Å². The van der Waals surface area contributed by atoms with Gasteiger partial charge in [0.15, 0.2) is 6.61 Å². The molecule has 25 heavy (non-hydrogen) atoms. The van der Waals surface area contributed by atoms with E-state index in [4.69, 9.17) is 27.9 Å². The maximum Gasteiger partial charge on any atom is 0.316 e. The number of carbonyl (C=O) groups excluding carboxylic acids is 3. The number of aromatic nitrogens is 1. The Bertz CT molecular complexity index is 807. The van der Waals surface area contributed by atoms with Gasteiger partial charge in [0.1, 0.15) is 5.69 Å². The van der Waals surface area contributed by atoms with Crippen molar-refractivity contribution in [2.24, 2.45) is 7.05 Å². The molecule has 0 atom stereocenters. The molecule has 0 radical (unpaired) electrons. The van der Waals surface area contributed by atoms with E-state index in [1.165, 1.54) is 0 Å². The number of nitrogens with zero attached hydrogens (tertiary/aromatic N) is 1. The summed E-state index contributed by atoms with van der Waals surface area (Å²) in [4.78, 5) is 35.8. The van der Waals surface area contributed by atoms with Crippen LogP contribution in [0.15, 0.2) is 41.4 Å². The minimum atomic E-state index is -0.703. The van der Waals surface area contributed by atoms with Gasteiger partial charge in [-0.2, -0.15) is 0 Å². The summed E-state index contributed by atoms with van der Waals surface area (Å²) < 4.78 is 6.41. The second-order valence-electron chi connectivity index (χ2n) is 4.91. The van der Waals surface area contributed by atoms with Crippen LogP contribution in [0.1, 0.15) is 10.5 Å². The number of nitrogens with one attached hydrogen (secondary N) is 1. The molecule has 0 aliphatic rings. The van der Waals surface area contributed by atoms with Gasteiger partial charge in [-0.1, -0.05) is 23.2 Å². The molecule has 0 spiro atoms. The highest BCUT2D eigenvalue weighted by atomic mass is 35.5. The van der Waals surface area contributed by atoms with Crippen molar-refractivity contribution >= 4 is 52.7 Å². The maximum atomic E-state index is 11.8. The Morgan fingerprint density at radius 1 is 1.24 bits per heavy atom. The first kappa shape index (κ1) is 19.4. The molecule has 1 aromatic heterocycles. The van der Waals surface area contributed by atoms with Crippen molar-refractivity contribution in [1.82, 2.24) is 9.88 Å². The zero-order chi connectivity index (χ0) is 18.4. The van der Waals surface area contributed by atoms with Crippen molar-refractivity contribution in [2.75, 3.05) is 12.4 Å². The predicted octanol–water partition coefficient (Wildman–Crippen LogP) is 2.92. The summed E-state index contributed by atoms with van der Waals surface area (Å²) in [5.41, 5.74) is 0.325. The lowest BCUT2D eigenvalue weighted by Gasteiger charge is -2.07. The first-order valence-electron chi connectivity index (χ1n) is 7.06. The summed E-state index contributed by atoms with van der Waals surface area (Å²) in [7, 11) is 1.68. The summed E-state index contributed by atoms with van der Waals surface area (Å²) in [6.45, 7) is -0.543. The number of esters is 1. The Kier molecular flexibility index (Phi) is 6.92. The van der Waals surface area contributed by atoms with Crippen LogP contribution < -0.4 is 5.32 Å². The van der Waals surface area contributed by atoms with Crippen LogP contribution in [0, 0.1) is 0 Å². The molecule has 1 aromatic carbocycles. The molecule has 0 aliphatic heterocycles. The molecule has 2 amide bonds. The van der Waals surface area contributed by atoms with Gasteiger partial charge < -0.3 is 9.30 Å². The van der Waals surface area contributed by atoms with Crippen LogP contribution in [0.4, 0.5) is 0 Å². The number of hydrogen-bond donors (Lipinski definition) is 1. The van der Waals surface area contributed by atoms with Gasteiger partial charge in [-0.25, -0.2) is 0 Å². The third-order valence-electron chi connectivity index (χ3n) is 3.03. The number of amides is 2. The van der Waals surface area contributed by atoms with Gasteiger partial charge in [-0.3, -0.25) is 19.7 Å². The van der Waals surface area contributed by atoms with E-state index < -0.39 is 24.4 Å². The Hall–Kier alpha value is -1.96. The van der Waals surface area contributed by atoms with Crippen LogP contribution in [-0.4, -0.2) is 34.7 Å². The molecule has 0 bridgehead atoms. The van der Waals surface area contributed by atoms with E-state index in [-0.39, 0.29) is 5.75 Å². The zero-order valence-corrected chi connectivity index (χ0v) is 15.5. The molecule has 0 saturated heterocycles. The summed E-state index contributed by atoms with van der Waals surface area (Å²) in [5.74, 6) is -1.92. The topological polar surface area (TPSA) is 77.4 Å². The molecular formula is C16H14Cl2N2O4S. The Morgan fingerprint density at radius 3 is 2.68 bits per heavy atom. The normalized spacial score (nSPS) is 10.4. The van der Waals surface area contributed by atoms with E-state index in [1.54, 1.807) is 48.1 Å². The van der Waals surface area contributed by atoms with Crippen molar-refractivity contribution in [1.29, 1.82) is 0 Å². The molecule has 0 unspecified atom stereocenters. The average Bonchev–Trinajstić information content (AvgIpc) is 3.00. The van der Waals surface area contributed by atoms with Crippen molar-refractivity contribution in [3.05, 3.63) is 52.3 Å². The summed E-state index contributed by atoms with van der Waals surface area (Å²) in [6, 6.07) is 8.14. The number of benzene rings is 1. The van der Waals surface area contributed by atoms with Gasteiger partial charge in [0.05, 0.1) is 10.8 Å². The lowest BCUT2D eigenvalue weighted by Crippen LogP contribution is -2.35. The fourth-order valence-corrected chi connectivity index (χ4v) is 3.13. The Balaban J connectivity index is 1.76. The maximum absolute atomic E-state index is 11.8. The number of rotatable bonds is 6. The second kappa shape index (κ2) is 8.94. The predicted molar refractivity (Wildman–Crippen MR) is 96.0 cm³/mol. The van der Waals surface area contributed by atoms with Gasteiger partial charge >= 0.3 is 5.97 Å². The fourth-order valence-electron chi connectivity index (χ4n) is 1.84.